The number of anilines is 1. The second-order valence-electron chi connectivity index (χ2n) is 4.91. The zero-order valence-corrected chi connectivity index (χ0v) is 12.4. The Morgan fingerprint density at radius 2 is 1.95 bits per heavy atom. The van der Waals surface area contributed by atoms with Crippen molar-refractivity contribution < 1.29 is 9.66 Å². The van der Waals surface area contributed by atoms with E-state index in [9.17, 15) is 10.1 Å². The SMILES string of the molecule is CC(C)Oc1ccc(C=NNc2cccc([N+](=O)[O-])c2)cc1. The van der Waals surface area contributed by atoms with E-state index in [0.29, 0.717) is 5.69 Å². The number of rotatable bonds is 6. The average molecular weight is 299 g/mol. The van der Waals surface area contributed by atoms with Gasteiger partial charge in [-0.3, -0.25) is 15.5 Å². The lowest BCUT2D eigenvalue weighted by molar-refractivity contribution is -0.384. The maximum absolute atomic E-state index is 10.7. The van der Waals surface area contributed by atoms with Crippen LogP contribution in [0, 0.1) is 10.1 Å². The summed E-state index contributed by atoms with van der Waals surface area (Å²) in [5.74, 6) is 0.804. The Morgan fingerprint density at radius 1 is 1.23 bits per heavy atom. The zero-order valence-electron chi connectivity index (χ0n) is 12.4. The Balaban J connectivity index is 1.97. The summed E-state index contributed by atoms with van der Waals surface area (Å²) in [5.41, 5.74) is 4.25. The van der Waals surface area contributed by atoms with Crippen LogP contribution in [0.5, 0.6) is 5.75 Å². The summed E-state index contributed by atoms with van der Waals surface area (Å²) >= 11 is 0. The fraction of sp³-hybridized carbons (Fsp3) is 0.188. The quantitative estimate of drug-likeness (QED) is 0.499. The van der Waals surface area contributed by atoms with Crippen LogP contribution in [-0.2, 0) is 0 Å². The van der Waals surface area contributed by atoms with E-state index >= 15 is 0 Å². The van der Waals surface area contributed by atoms with Crippen LogP contribution >= 0.6 is 0 Å². The van der Waals surface area contributed by atoms with Crippen LogP contribution in [0.15, 0.2) is 53.6 Å². The molecule has 0 bridgehead atoms. The van der Waals surface area contributed by atoms with Crippen LogP contribution in [0.1, 0.15) is 19.4 Å². The van der Waals surface area contributed by atoms with Crippen molar-refractivity contribution in [1.82, 2.24) is 0 Å². The molecule has 2 rings (SSSR count). The van der Waals surface area contributed by atoms with E-state index in [1.165, 1.54) is 12.1 Å². The van der Waals surface area contributed by atoms with Gasteiger partial charge in [0.05, 0.1) is 22.9 Å². The van der Waals surface area contributed by atoms with E-state index in [0.717, 1.165) is 11.3 Å². The van der Waals surface area contributed by atoms with Gasteiger partial charge in [-0.2, -0.15) is 5.10 Å². The molecule has 1 N–H and O–H groups in total. The van der Waals surface area contributed by atoms with E-state index in [2.05, 4.69) is 10.5 Å². The summed E-state index contributed by atoms with van der Waals surface area (Å²) in [6.07, 6.45) is 1.77. The Hall–Kier alpha value is -2.89. The van der Waals surface area contributed by atoms with Crippen LogP contribution in [0.25, 0.3) is 0 Å². The van der Waals surface area contributed by atoms with Crippen LogP contribution < -0.4 is 10.2 Å². The molecule has 6 nitrogen and oxygen atoms in total. The molecule has 6 heteroatoms. The van der Waals surface area contributed by atoms with Crippen molar-refractivity contribution in [3.63, 3.8) is 0 Å². The third-order valence-corrected chi connectivity index (χ3v) is 2.72. The van der Waals surface area contributed by atoms with Gasteiger partial charge in [0.2, 0.25) is 0 Å². The monoisotopic (exact) mass is 299 g/mol. The van der Waals surface area contributed by atoms with Crippen LogP contribution in [0.2, 0.25) is 0 Å². The summed E-state index contributed by atoms with van der Waals surface area (Å²) in [4.78, 5) is 10.2. The van der Waals surface area contributed by atoms with Gasteiger partial charge >= 0.3 is 0 Å². The number of hydrogen-bond donors (Lipinski definition) is 1. The topological polar surface area (TPSA) is 76.8 Å². The minimum Gasteiger partial charge on any atom is -0.491 e. The summed E-state index contributed by atoms with van der Waals surface area (Å²) < 4.78 is 5.55. The van der Waals surface area contributed by atoms with Gasteiger partial charge in [-0.05, 0) is 49.7 Å². The Morgan fingerprint density at radius 3 is 2.59 bits per heavy atom. The molecular formula is C16H17N3O3. The van der Waals surface area contributed by atoms with Crippen LogP contribution in [0.4, 0.5) is 11.4 Å². The van der Waals surface area contributed by atoms with E-state index in [-0.39, 0.29) is 11.8 Å². The molecule has 0 aliphatic rings. The lowest BCUT2D eigenvalue weighted by Crippen LogP contribution is -2.05. The van der Waals surface area contributed by atoms with Gasteiger partial charge in [-0.25, -0.2) is 0 Å². The molecule has 0 atom stereocenters. The highest BCUT2D eigenvalue weighted by molar-refractivity contribution is 5.80. The van der Waals surface area contributed by atoms with Crippen molar-refractivity contribution in [3.8, 4) is 5.75 Å². The summed E-state index contributed by atoms with van der Waals surface area (Å²) in [5, 5.41) is 14.7. The molecule has 22 heavy (non-hydrogen) atoms. The number of nitrogens with one attached hydrogen (secondary N) is 1. The normalized spacial score (nSPS) is 10.9. The minimum atomic E-state index is -0.442. The fourth-order valence-corrected chi connectivity index (χ4v) is 1.77. The largest absolute Gasteiger partial charge is 0.491 e. The molecule has 2 aromatic rings. The molecule has 0 saturated heterocycles. The van der Waals surface area contributed by atoms with Crippen molar-refractivity contribution in [2.75, 3.05) is 5.43 Å². The van der Waals surface area contributed by atoms with Crippen molar-refractivity contribution in [3.05, 3.63) is 64.2 Å². The predicted molar refractivity (Wildman–Crippen MR) is 86.5 cm³/mol. The number of hydrogen-bond acceptors (Lipinski definition) is 5. The maximum atomic E-state index is 10.7. The van der Waals surface area contributed by atoms with E-state index < -0.39 is 4.92 Å². The van der Waals surface area contributed by atoms with E-state index in [1.807, 2.05) is 38.1 Å². The third kappa shape index (κ3) is 4.59. The number of nitrogens with zero attached hydrogens (tertiary/aromatic N) is 2. The highest BCUT2D eigenvalue weighted by atomic mass is 16.6. The molecule has 0 saturated carbocycles. The molecule has 114 valence electrons. The highest BCUT2D eigenvalue weighted by Gasteiger charge is 2.04. The van der Waals surface area contributed by atoms with Gasteiger partial charge in [0, 0.05) is 12.1 Å². The first-order valence-electron chi connectivity index (χ1n) is 6.85. The first-order chi connectivity index (χ1) is 10.5. The molecule has 0 aliphatic heterocycles. The number of ether oxygens (including phenoxy) is 1. The summed E-state index contributed by atoms with van der Waals surface area (Å²) in [6.45, 7) is 3.94. The lowest BCUT2D eigenvalue weighted by atomic mass is 10.2. The first-order valence-corrected chi connectivity index (χ1v) is 6.85. The van der Waals surface area contributed by atoms with Crippen molar-refractivity contribution in [1.29, 1.82) is 0 Å². The second-order valence-corrected chi connectivity index (χ2v) is 4.91. The van der Waals surface area contributed by atoms with Crippen molar-refractivity contribution >= 4 is 17.6 Å². The third-order valence-electron chi connectivity index (χ3n) is 2.72. The number of nitro benzene ring substituents is 1. The average Bonchev–Trinajstić information content (AvgIpc) is 2.49. The Labute approximate surface area is 128 Å². The number of benzene rings is 2. The molecular weight excluding hydrogens is 282 g/mol. The van der Waals surface area contributed by atoms with Gasteiger partial charge < -0.3 is 4.74 Å². The molecule has 0 radical (unpaired) electrons. The van der Waals surface area contributed by atoms with Crippen LogP contribution in [0.3, 0.4) is 0 Å². The summed E-state index contributed by atoms with van der Waals surface area (Å²) in [7, 11) is 0. The van der Waals surface area contributed by atoms with Gasteiger partial charge in [-0.15, -0.1) is 0 Å². The molecule has 0 aliphatic carbocycles. The fourth-order valence-electron chi connectivity index (χ4n) is 1.77. The number of hydrazone groups is 1. The minimum absolute atomic E-state index is 0.0235. The Bertz CT molecular complexity index is 667. The molecule has 0 fully saturated rings. The van der Waals surface area contributed by atoms with Crippen molar-refractivity contribution in [2.45, 2.75) is 20.0 Å². The first kappa shape index (κ1) is 15.5. The predicted octanol–water partition coefficient (Wildman–Crippen LogP) is 3.83. The van der Waals surface area contributed by atoms with Gasteiger partial charge in [0.1, 0.15) is 5.75 Å². The standard InChI is InChI=1S/C16H17N3O3/c1-12(2)22-16-8-6-13(7-9-16)11-17-18-14-4-3-5-15(10-14)19(20)21/h3-12,18H,1-2H3. The van der Waals surface area contributed by atoms with Gasteiger partial charge in [0.15, 0.2) is 0 Å². The molecule has 0 aromatic heterocycles. The molecule has 0 spiro atoms. The molecule has 2 aromatic carbocycles. The molecule has 0 heterocycles. The lowest BCUT2D eigenvalue weighted by Gasteiger charge is -2.09. The van der Waals surface area contributed by atoms with Crippen LogP contribution in [-0.4, -0.2) is 17.2 Å². The van der Waals surface area contributed by atoms with E-state index in [4.69, 9.17) is 4.74 Å². The number of nitro groups is 1. The van der Waals surface area contributed by atoms with E-state index in [1.54, 1.807) is 18.3 Å². The second kappa shape index (κ2) is 7.21. The number of non-ortho nitro benzene ring substituents is 1. The zero-order chi connectivity index (χ0) is 15.9. The maximum Gasteiger partial charge on any atom is 0.271 e. The van der Waals surface area contributed by atoms with Gasteiger partial charge in [0.25, 0.3) is 5.69 Å². The summed E-state index contributed by atoms with van der Waals surface area (Å²) in [6, 6.07) is 13.7. The highest BCUT2D eigenvalue weighted by Crippen LogP contribution is 2.17. The van der Waals surface area contributed by atoms with Crippen molar-refractivity contribution in [2.24, 2.45) is 5.10 Å². The Kier molecular flexibility index (Phi) is 5.08. The molecule has 0 amide bonds. The van der Waals surface area contributed by atoms with Gasteiger partial charge in [-0.1, -0.05) is 6.07 Å². The smallest absolute Gasteiger partial charge is 0.271 e. The molecule has 0 unspecified atom stereocenters.